The van der Waals surface area contributed by atoms with Gasteiger partial charge >= 0.3 is 0 Å². The first kappa shape index (κ1) is 22.8. The summed E-state index contributed by atoms with van der Waals surface area (Å²) in [5, 5.41) is 12.1. The highest BCUT2D eigenvalue weighted by Gasteiger charge is 2.57. The fraction of sp³-hybridized carbons (Fsp3) is 0.857. The molecule has 29 heavy (non-hydrogen) atoms. The molecule has 1 aliphatic heterocycles. The van der Waals surface area contributed by atoms with Gasteiger partial charge in [0.25, 0.3) is 0 Å². The van der Waals surface area contributed by atoms with Crippen LogP contribution in [0.15, 0.2) is 4.99 Å². The van der Waals surface area contributed by atoms with E-state index in [0.29, 0.717) is 29.5 Å². The lowest BCUT2D eigenvalue weighted by Gasteiger charge is -2.54. The first-order chi connectivity index (χ1) is 13.6. The molecule has 1 aromatic heterocycles. The summed E-state index contributed by atoms with van der Waals surface area (Å²) in [6.07, 6.45) is 8.73. The molecule has 4 rings (SSSR count). The minimum atomic E-state index is 0. The van der Waals surface area contributed by atoms with E-state index in [1.165, 1.54) is 25.7 Å². The third-order valence-electron chi connectivity index (χ3n) is 6.95. The Balaban J connectivity index is 0.00000240. The number of nitrogens with one attached hydrogen (secondary N) is 2. The number of hydrogen-bond acceptors (Lipinski definition) is 4. The van der Waals surface area contributed by atoms with Crippen molar-refractivity contribution in [3.05, 3.63) is 11.6 Å². The van der Waals surface area contributed by atoms with Crippen LogP contribution in [0.2, 0.25) is 0 Å². The van der Waals surface area contributed by atoms with Gasteiger partial charge < -0.3 is 15.4 Å². The maximum atomic E-state index is 6.05. The van der Waals surface area contributed by atoms with Crippen molar-refractivity contribution < 1.29 is 4.74 Å². The molecule has 3 atom stereocenters. The van der Waals surface area contributed by atoms with Crippen LogP contribution in [0.4, 0.5) is 0 Å². The predicted molar refractivity (Wildman–Crippen MR) is 126 cm³/mol. The van der Waals surface area contributed by atoms with Crippen LogP contribution in [0.1, 0.15) is 76.9 Å². The molecule has 2 N–H and O–H groups in total. The van der Waals surface area contributed by atoms with Gasteiger partial charge in [0.2, 0.25) is 0 Å². The summed E-state index contributed by atoms with van der Waals surface area (Å²) in [5.41, 5.74) is 0.311. The highest BCUT2D eigenvalue weighted by atomic mass is 127. The average Bonchev–Trinajstić information content (AvgIpc) is 3.34. The van der Waals surface area contributed by atoms with Gasteiger partial charge in [-0.3, -0.25) is 4.99 Å². The summed E-state index contributed by atoms with van der Waals surface area (Å²) >= 11 is 0. The molecule has 2 saturated carbocycles. The van der Waals surface area contributed by atoms with Crippen molar-refractivity contribution >= 4 is 29.9 Å². The fourth-order valence-electron chi connectivity index (χ4n) is 5.31. The monoisotopic (exact) mass is 516 g/mol. The van der Waals surface area contributed by atoms with Gasteiger partial charge in [-0.05, 0) is 32.6 Å². The van der Waals surface area contributed by atoms with Crippen LogP contribution in [-0.2, 0) is 17.7 Å². The Kier molecular flexibility index (Phi) is 7.46. The number of halogens is 1. The number of hydrogen-bond donors (Lipinski definition) is 2. The lowest BCUT2D eigenvalue weighted by atomic mass is 9.60. The van der Waals surface area contributed by atoms with Gasteiger partial charge in [0.15, 0.2) is 11.8 Å². The molecule has 0 aromatic carbocycles. The van der Waals surface area contributed by atoms with Crippen molar-refractivity contribution in [1.29, 1.82) is 0 Å². The standard InChI is InChI=1S/C21H36N6O.HI/c1-5-28-17-12-16(21(17)10-6-7-11-21)24-20(22-4)23-15-8-9-18-25-19(14(2)3)26-27(18)13-15;/h14-17H,5-13H2,1-4H3,(H2,22,23,24);1H. The Hall–Kier alpha value is -0.900. The molecule has 1 spiro atoms. The van der Waals surface area contributed by atoms with E-state index in [1.807, 2.05) is 7.05 Å². The second-order valence-electron chi connectivity index (χ2n) is 8.99. The number of nitrogens with zero attached hydrogens (tertiary/aromatic N) is 4. The topological polar surface area (TPSA) is 76.4 Å². The minimum Gasteiger partial charge on any atom is -0.378 e. The smallest absolute Gasteiger partial charge is 0.191 e. The van der Waals surface area contributed by atoms with Gasteiger partial charge in [-0.25, -0.2) is 9.67 Å². The van der Waals surface area contributed by atoms with Crippen LogP contribution in [0.25, 0.3) is 0 Å². The Morgan fingerprint density at radius 2 is 2.07 bits per heavy atom. The number of guanidine groups is 1. The Labute approximate surface area is 191 Å². The Morgan fingerprint density at radius 1 is 1.31 bits per heavy atom. The first-order valence-electron chi connectivity index (χ1n) is 11.1. The molecule has 3 aliphatic rings. The summed E-state index contributed by atoms with van der Waals surface area (Å²) in [4.78, 5) is 9.22. The van der Waals surface area contributed by atoms with Crippen LogP contribution in [0.5, 0.6) is 0 Å². The highest BCUT2D eigenvalue weighted by molar-refractivity contribution is 14.0. The molecule has 1 aromatic rings. The molecule has 0 radical (unpaired) electrons. The molecule has 3 unspecified atom stereocenters. The number of ether oxygens (including phenoxy) is 1. The lowest BCUT2D eigenvalue weighted by Crippen LogP contribution is -2.65. The summed E-state index contributed by atoms with van der Waals surface area (Å²) in [6.45, 7) is 8.07. The highest BCUT2D eigenvalue weighted by Crippen LogP contribution is 2.54. The second kappa shape index (κ2) is 9.49. The molecule has 2 aliphatic carbocycles. The fourth-order valence-corrected chi connectivity index (χ4v) is 5.31. The van der Waals surface area contributed by atoms with Crippen molar-refractivity contribution in [2.45, 2.75) is 96.4 Å². The SMILES string of the molecule is CCOC1CC(NC(=NC)NC2CCc3nc(C(C)C)nn3C2)C12CCCC2.I. The van der Waals surface area contributed by atoms with Crippen LogP contribution >= 0.6 is 24.0 Å². The van der Waals surface area contributed by atoms with Crippen molar-refractivity contribution in [2.75, 3.05) is 13.7 Å². The number of aryl methyl sites for hydroxylation is 1. The van der Waals surface area contributed by atoms with E-state index in [2.05, 4.69) is 41.1 Å². The van der Waals surface area contributed by atoms with Gasteiger partial charge in [-0.2, -0.15) is 5.10 Å². The van der Waals surface area contributed by atoms with E-state index in [9.17, 15) is 0 Å². The van der Waals surface area contributed by atoms with E-state index < -0.39 is 0 Å². The molecule has 0 bridgehead atoms. The molecule has 0 amide bonds. The van der Waals surface area contributed by atoms with Crippen molar-refractivity contribution in [3.63, 3.8) is 0 Å². The lowest BCUT2D eigenvalue weighted by molar-refractivity contribution is -0.125. The van der Waals surface area contributed by atoms with Crippen molar-refractivity contribution in [1.82, 2.24) is 25.4 Å². The normalized spacial score (nSPS) is 28.0. The minimum absolute atomic E-state index is 0. The summed E-state index contributed by atoms with van der Waals surface area (Å²) < 4.78 is 8.13. The molecule has 2 fully saturated rings. The molecule has 2 heterocycles. The zero-order valence-corrected chi connectivity index (χ0v) is 20.6. The van der Waals surface area contributed by atoms with E-state index in [0.717, 1.165) is 50.0 Å². The molecule has 7 nitrogen and oxygen atoms in total. The second-order valence-corrected chi connectivity index (χ2v) is 8.99. The largest absolute Gasteiger partial charge is 0.378 e. The summed E-state index contributed by atoms with van der Waals surface area (Å²) in [6, 6.07) is 0.804. The van der Waals surface area contributed by atoms with Crippen LogP contribution < -0.4 is 10.6 Å². The first-order valence-corrected chi connectivity index (χ1v) is 11.1. The van der Waals surface area contributed by atoms with E-state index >= 15 is 0 Å². The number of fused-ring (bicyclic) bond motifs is 1. The maximum Gasteiger partial charge on any atom is 0.191 e. The maximum absolute atomic E-state index is 6.05. The van der Waals surface area contributed by atoms with Crippen LogP contribution in [-0.4, -0.2) is 52.6 Å². The summed E-state index contributed by atoms with van der Waals surface area (Å²) in [7, 11) is 1.87. The zero-order valence-electron chi connectivity index (χ0n) is 18.3. The van der Waals surface area contributed by atoms with Crippen LogP contribution in [0.3, 0.4) is 0 Å². The summed E-state index contributed by atoms with van der Waals surface area (Å²) in [5.74, 6) is 3.37. The number of aliphatic imine (C=N–C) groups is 1. The number of rotatable bonds is 5. The average molecular weight is 516 g/mol. The van der Waals surface area contributed by atoms with E-state index in [-0.39, 0.29) is 24.0 Å². The van der Waals surface area contributed by atoms with Gasteiger partial charge in [0, 0.05) is 43.5 Å². The zero-order chi connectivity index (χ0) is 19.7. The van der Waals surface area contributed by atoms with Crippen molar-refractivity contribution in [3.8, 4) is 0 Å². The quantitative estimate of drug-likeness (QED) is 0.357. The molecule has 164 valence electrons. The molecular weight excluding hydrogens is 479 g/mol. The van der Waals surface area contributed by atoms with E-state index in [1.54, 1.807) is 0 Å². The third kappa shape index (κ3) is 4.43. The molecule has 0 saturated heterocycles. The Morgan fingerprint density at radius 3 is 2.72 bits per heavy atom. The van der Waals surface area contributed by atoms with Gasteiger partial charge in [-0.1, -0.05) is 26.7 Å². The number of aromatic nitrogens is 3. The van der Waals surface area contributed by atoms with Gasteiger partial charge in [0.1, 0.15) is 5.82 Å². The third-order valence-corrected chi connectivity index (χ3v) is 6.95. The van der Waals surface area contributed by atoms with Crippen LogP contribution in [0, 0.1) is 5.41 Å². The van der Waals surface area contributed by atoms with Crippen molar-refractivity contribution in [2.24, 2.45) is 10.4 Å². The molecule has 8 heteroatoms. The molecular formula is C21H37IN6O. The van der Waals surface area contributed by atoms with Gasteiger partial charge in [0.05, 0.1) is 12.6 Å². The van der Waals surface area contributed by atoms with Gasteiger partial charge in [-0.15, -0.1) is 24.0 Å². The Bertz CT molecular complexity index is 712. The van der Waals surface area contributed by atoms with E-state index in [4.69, 9.17) is 14.8 Å². The predicted octanol–water partition coefficient (Wildman–Crippen LogP) is 3.24.